The van der Waals surface area contributed by atoms with Crippen LogP contribution in [0, 0.1) is 5.92 Å². The number of carbonyl (C=O) groups excluding carboxylic acids is 1. The van der Waals surface area contributed by atoms with Crippen LogP contribution < -0.4 is 0 Å². The molecule has 2 nitrogen and oxygen atoms in total. The van der Waals surface area contributed by atoms with Gasteiger partial charge in [-0.05, 0) is 5.92 Å². The molecule has 1 aliphatic heterocycles. The third-order valence-electron chi connectivity index (χ3n) is 2.24. The molecule has 1 atom stereocenters. The Morgan fingerprint density at radius 3 is 2.91 bits per heavy atom. The minimum absolute atomic E-state index is 0.311. The van der Waals surface area contributed by atoms with Crippen molar-refractivity contribution < 1.29 is 4.79 Å². The van der Waals surface area contributed by atoms with Crippen LogP contribution in [0.5, 0.6) is 0 Å². The van der Waals surface area contributed by atoms with E-state index < -0.39 is 0 Å². The van der Waals surface area contributed by atoms with Crippen LogP contribution in [0.1, 0.15) is 19.8 Å². The second kappa shape index (κ2) is 4.00. The van der Waals surface area contributed by atoms with Crippen LogP contribution in [0.4, 0.5) is 0 Å². The first-order chi connectivity index (χ1) is 5.27. The van der Waals surface area contributed by atoms with E-state index in [2.05, 4.69) is 19.6 Å². The van der Waals surface area contributed by atoms with Gasteiger partial charge in [-0.2, -0.15) is 12.6 Å². The highest BCUT2D eigenvalue weighted by Gasteiger charge is 2.27. The van der Waals surface area contributed by atoms with Crippen molar-refractivity contribution in [3.8, 4) is 0 Å². The van der Waals surface area contributed by atoms with E-state index in [9.17, 15) is 4.79 Å². The lowest BCUT2D eigenvalue weighted by Crippen LogP contribution is -2.27. The lowest BCUT2D eigenvalue weighted by Gasteiger charge is -2.13. The molecule has 3 heteroatoms. The van der Waals surface area contributed by atoms with Crippen LogP contribution in [0.3, 0.4) is 0 Å². The van der Waals surface area contributed by atoms with Gasteiger partial charge in [0.2, 0.25) is 5.91 Å². The molecule has 0 aromatic heterocycles. The third-order valence-corrected chi connectivity index (χ3v) is 2.44. The highest BCUT2D eigenvalue weighted by Crippen LogP contribution is 2.19. The average Bonchev–Trinajstić information content (AvgIpc) is 2.33. The van der Waals surface area contributed by atoms with Crippen molar-refractivity contribution in [3.63, 3.8) is 0 Å². The lowest BCUT2D eigenvalue weighted by molar-refractivity contribution is -0.127. The molecule has 0 saturated carbocycles. The van der Waals surface area contributed by atoms with E-state index in [1.807, 2.05) is 4.90 Å². The highest BCUT2D eigenvalue weighted by atomic mass is 32.1. The summed E-state index contributed by atoms with van der Waals surface area (Å²) in [6, 6.07) is 0. The summed E-state index contributed by atoms with van der Waals surface area (Å²) in [6.07, 6.45) is 1.87. The van der Waals surface area contributed by atoms with Gasteiger partial charge in [-0.25, -0.2) is 0 Å². The highest BCUT2D eigenvalue weighted by molar-refractivity contribution is 7.80. The van der Waals surface area contributed by atoms with E-state index in [-0.39, 0.29) is 0 Å². The molecule has 1 fully saturated rings. The fourth-order valence-corrected chi connectivity index (χ4v) is 1.71. The van der Waals surface area contributed by atoms with Crippen molar-refractivity contribution in [2.45, 2.75) is 19.8 Å². The molecule has 1 unspecified atom stereocenters. The topological polar surface area (TPSA) is 20.3 Å². The van der Waals surface area contributed by atoms with E-state index in [1.165, 1.54) is 0 Å². The van der Waals surface area contributed by atoms with Crippen LogP contribution >= 0.6 is 12.6 Å². The number of amides is 1. The van der Waals surface area contributed by atoms with Crippen LogP contribution in [-0.2, 0) is 4.79 Å². The number of thiol groups is 1. The Hall–Kier alpha value is -0.180. The predicted octanol–water partition coefficient (Wildman–Crippen LogP) is 1.17. The summed E-state index contributed by atoms with van der Waals surface area (Å²) in [7, 11) is 0. The number of hydrogen-bond donors (Lipinski definition) is 1. The molecule has 1 rings (SSSR count). The fourth-order valence-electron chi connectivity index (χ4n) is 1.46. The van der Waals surface area contributed by atoms with Gasteiger partial charge in [-0.15, -0.1) is 0 Å². The lowest BCUT2D eigenvalue weighted by atomic mass is 10.1. The first-order valence-electron chi connectivity index (χ1n) is 4.16. The maximum absolute atomic E-state index is 11.2. The first-order valence-corrected chi connectivity index (χ1v) is 4.79. The minimum atomic E-state index is 0.311. The van der Waals surface area contributed by atoms with Crippen LogP contribution in [0.25, 0.3) is 0 Å². The Morgan fingerprint density at radius 2 is 2.45 bits per heavy atom. The number of nitrogens with zero attached hydrogens (tertiary/aromatic N) is 1. The predicted molar refractivity (Wildman–Crippen MR) is 48.8 cm³/mol. The van der Waals surface area contributed by atoms with Gasteiger partial charge in [0.15, 0.2) is 0 Å². The van der Waals surface area contributed by atoms with Gasteiger partial charge < -0.3 is 4.90 Å². The maximum Gasteiger partial charge on any atom is 0.222 e. The summed E-state index contributed by atoms with van der Waals surface area (Å²) < 4.78 is 0. The Morgan fingerprint density at radius 1 is 1.73 bits per heavy atom. The first kappa shape index (κ1) is 8.91. The monoisotopic (exact) mass is 173 g/mol. The molecule has 0 aromatic carbocycles. The van der Waals surface area contributed by atoms with Crippen LogP contribution in [0.2, 0.25) is 0 Å². The molecular formula is C8H15NOS. The Labute approximate surface area is 73.4 Å². The van der Waals surface area contributed by atoms with E-state index in [4.69, 9.17) is 0 Å². The average molecular weight is 173 g/mol. The largest absolute Gasteiger partial charge is 0.342 e. The van der Waals surface area contributed by atoms with Crippen molar-refractivity contribution in [1.82, 2.24) is 4.90 Å². The Bertz CT molecular complexity index is 149. The molecule has 1 amide bonds. The van der Waals surface area contributed by atoms with Gasteiger partial charge in [-0.3, -0.25) is 4.79 Å². The summed E-state index contributed by atoms with van der Waals surface area (Å²) in [5.41, 5.74) is 0. The summed E-state index contributed by atoms with van der Waals surface area (Å²) in [4.78, 5) is 13.1. The zero-order chi connectivity index (χ0) is 8.27. The molecule has 0 aromatic rings. The summed E-state index contributed by atoms with van der Waals surface area (Å²) in [5.74, 6) is 1.69. The van der Waals surface area contributed by atoms with Crippen molar-refractivity contribution >= 4 is 18.5 Å². The van der Waals surface area contributed by atoms with Crippen molar-refractivity contribution in [2.24, 2.45) is 5.92 Å². The van der Waals surface area contributed by atoms with Crippen molar-refractivity contribution in [2.75, 3.05) is 18.8 Å². The molecule has 1 aliphatic rings. The maximum atomic E-state index is 11.2. The molecular weight excluding hydrogens is 158 g/mol. The number of hydrogen-bond acceptors (Lipinski definition) is 2. The molecule has 64 valence electrons. The molecule has 11 heavy (non-hydrogen) atoms. The molecule has 0 radical (unpaired) electrons. The summed E-state index contributed by atoms with van der Waals surface area (Å²) in [5, 5.41) is 0. The van der Waals surface area contributed by atoms with Gasteiger partial charge in [0.1, 0.15) is 0 Å². The SMILES string of the molecule is CCC1CC(=O)N(CCS)C1. The molecule has 1 saturated heterocycles. The molecule has 0 N–H and O–H groups in total. The minimum Gasteiger partial charge on any atom is -0.342 e. The zero-order valence-electron chi connectivity index (χ0n) is 6.92. The zero-order valence-corrected chi connectivity index (χ0v) is 7.81. The van der Waals surface area contributed by atoms with E-state index in [0.717, 1.165) is 31.7 Å². The standard InChI is InChI=1S/C8H15NOS/c1-2-7-5-8(10)9(6-7)3-4-11/h7,11H,2-6H2,1H3. The molecule has 0 aliphatic carbocycles. The summed E-state index contributed by atoms with van der Waals surface area (Å²) >= 11 is 4.10. The molecule has 0 spiro atoms. The van der Waals surface area contributed by atoms with Crippen molar-refractivity contribution in [1.29, 1.82) is 0 Å². The van der Waals surface area contributed by atoms with E-state index in [1.54, 1.807) is 0 Å². The molecule has 1 heterocycles. The summed E-state index contributed by atoms with van der Waals surface area (Å²) in [6.45, 7) is 3.91. The van der Waals surface area contributed by atoms with E-state index in [0.29, 0.717) is 11.8 Å². The van der Waals surface area contributed by atoms with E-state index >= 15 is 0 Å². The number of rotatable bonds is 3. The van der Waals surface area contributed by atoms with Gasteiger partial charge >= 0.3 is 0 Å². The Kier molecular flexibility index (Phi) is 3.24. The van der Waals surface area contributed by atoms with Crippen LogP contribution in [0.15, 0.2) is 0 Å². The number of carbonyl (C=O) groups is 1. The smallest absolute Gasteiger partial charge is 0.222 e. The van der Waals surface area contributed by atoms with Gasteiger partial charge in [0.25, 0.3) is 0 Å². The third kappa shape index (κ3) is 2.12. The van der Waals surface area contributed by atoms with Crippen LogP contribution in [-0.4, -0.2) is 29.6 Å². The Balaban J connectivity index is 2.38. The van der Waals surface area contributed by atoms with Gasteiger partial charge in [-0.1, -0.05) is 13.3 Å². The normalized spacial score (nSPS) is 24.7. The van der Waals surface area contributed by atoms with Gasteiger partial charge in [0.05, 0.1) is 0 Å². The second-order valence-corrected chi connectivity index (χ2v) is 3.49. The van der Waals surface area contributed by atoms with Gasteiger partial charge in [0, 0.05) is 25.3 Å². The fraction of sp³-hybridized carbons (Fsp3) is 0.875. The second-order valence-electron chi connectivity index (χ2n) is 3.04. The van der Waals surface area contributed by atoms with Crippen molar-refractivity contribution in [3.05, 3.63) is 0 Å². The molecule has 0 bridgehead atoms. The number of likely N-dealkylation sites (tertiary alicyclic amines) is 1. The quantitative estimate of drug-likeness (QED) is 0.635.